The normalized spacial score (nSPS) is 21.0. The summed E-state index contributed by atoms with van der Waals surface area (Å²) in [4.78, 5) is 35.2. The minimum absolute atomic E-state index is 0.207. The van der Waals surface area contributed by atoms with Gasteiger partial charge in [0.05, 0.1) is 19.8 Å². The van der Waals surface area contributed by atoms with E-state index in [-0.39, 0.29) is 19.3 Å². The van der Waals surface area contributed by atoms with Crippen LogP contribution < -0.4 is 16.0 Å². The molecule has 2 rings (SSSR count). The third kappa shape index (κ3) is 12.6. The summed E-state index contributed by atoms with van der Waals surface area (Å²) in [5.41, 5.74) is 0. The summed E-state index contributed by atoms with van der Waals surface area (Å²) in [6, 6.07) is 0. The van der Waals surface area contributed by atoms with Gasteiger partial charge in [-0.2, -0.15) is 0 Å². The van der Waals surface area contributed by atoms with Crippen molar-refractivity contribution < 1.29 is 28.6 Å². The Balaban J connectivity index is 1.45. The van der Waals surface area contributed by atoms with Crippen LogP contribution in [0.5, 0.6) is 0 Å². The van der Waals surface area contributed by atoms with Crippen molar-refractivity contribution in [3.05, 3.63) is 0 Å². The van der Waals surface area contributed by atoms with Gasteiger partial charge >= 0.3 is 18.3 Å². The molecule has 0 aromatic carbocycles. The van der Waals surface area contributed by atoms with Crippen LogP contribution in [-0.4, -0.2) is 57.7 Å². The zero-order valence-electron chi connectivity index (χ0n) is 20.2. The number of hydrogen-bond donors (Lipinski definition) is 3. The summed E-state index contributed by atoms with van der Waals surface area (Å²) < 4.78 is 15.4. The van der Waals surface area contributed by atoms with Crippen LogP contribution >= 0.6 is 0 Å². The second-order valence-electron chi connectivity index (χ2n) is 9.31. The maximum Gasteiger partial charge on any atom is 0.407 e. The molecular weight excluding hydrogens is 426 g/mol. The highest BCUT2D eigenvalue weighted by molar-refractivity contribution is 5.67. The largest absolute Gasteiger partial charge is 0.450 e. The van der Waals surface area contributed by atoms with E-state index in [0.717, 1.165) is 32.1 Å². The van der Waals surface area contributed by atoms with Crippen molar-refractivity contribution in [3.63, 3.8) is 0 Å². The molecule has 0 bridgehead atoms. The van der Waals surface area contributed by atoms with Gasteiger partial charge in [-0.25, -0.2) is 14.4 Å². The van der Waals surface area contributed by atoms with Gasteiger partial charge in [-0.05, 0) is 56.3 Å². The third-order valence-electron chi connectivity index (χ3n) is 6.41. The van der Waals surface area contributed by atoms with Crippen LogP contribution in [-0.2, 0) is 14.2 Å². The van der Waals surface area contributed by atoms with Crippen LogP contribution in [0.15, 0.2) is 0 Å². The Bertz CT molecular complexity index is 583. The Morgan fingerprint density at radius 1 is 0.636 bits per heavy atom. The molecule has 3 amide bonds. The Kier molecular flexibility index (Phi) is 13.5. The summed E-state index contributed by atoms with van der Waals surface area (Å²) in [5.74, 6) is 1.34. The molecule has 0 radical (unpaired) electrons. The Hall–Kier alpha value is -2.19. The minimum Gasteiger partial charge on any atom is -0.450 e. The lowest BCUT2D eigenvalue weighted by Gasteiger charge is -2.29. The standard InChI is InChI=1S/C24H43N3O6/c1-2-12-31-22(28)26-17-20-10-6-11-21(15-20)18-27-24(30)33-14-7-13-32-23(29)25-16-19-8-4-3-5-9-19/h19-21H,2-18H2,1H3,(H,25,29)(H,26,28)(H,27,30). The van der Waals surface area contributed by atoms with E-state index in [1.165, 1.54) is 32.1 Å². The molecule has 9 nitrogen and oxygen atoms in total. The second kappa shape index (κ2) is 16.4. The molecule has 2 aliphatic carbocycles. The molecule has 0 aromatic heterocycles. The smallest absolute Gasteiger partial charge is 0.407 e. The molecule has 3 N–H and O–H groups in total. The van der Waals surface area contributed by atoms with Crippen LogP contribution in [0.1, 0.15) is 77.6 Å². The van der Waals surface area contributed by atoms with Gasteiger partial charge in [0.2, 0.25) is 0 Å². The zero-order valence-corrected chi connectivity index (χ0v) is 20.2. The molecule has 2 aliphatic rings. The maximum absolute atomic E-state index is 11.9. The molecule has 33 heavy (non-hydrogen) atoms. The van der Waals surface area contributed by atoms with E-state index in [2.05, 4.69) is 16.0 Å². The monoisotopic (exact) mass is 469 g/mol. The molecule has 0 aromatic rings. The van der Waals surface area contributed by atoms with Crippen molar-refractivity contribution in [2.75, 3.05) is 39.5 Å². The second-order valence-corrected chi connectivity index (χ2v) is 9.31. The Morgan fingerprint density at radius 2 is 1.09 bits per heavy atom. The molecule has 2 saturated carbocycles. The number of carbonyl (C=O) groups is 3. The van der Waals surface area contributed by atoms with E-state index in [1.807, 2.05) is 6.92 Å². The molecule has 0 saturated heterocycles. The third-order valence-corrected chi connectivity index (χ3v) is 6.41. The number of hydrogen-bond acceptors (Lipinski definition) is 6. The first-order chi connectivity index (χ1) is 16.1. The lowest BCUT2D eigenvalue weighted by atomic mass is 9.81. The predicted molar refractivity (Wildman–Crippen MR) is 125 cm³/mol. The molecular formula is C24H43N3O6. The summed E-state index contributed by atoms with van der Waals surface area (Å²) in [6.07, 6.45) is 10.4. The lowest BCUT2D eigenvalue weighted by molar-refractivity contribution is 0.116. The number of alkyl carbamates (subject to hydrolysis) is 3. The highest BCUT2D eigenvalue weighted by atomic mass is 16.6. The number of ether oxygens (including phenoxy) is 3. The predicted octanol–water partition coefficient (Wildman–Crippen LogP) is 4.35. The summed E-state index contributed by atoms with van der Waals surface area (Å²) >= 11 is 0. The minimum atomic E-state index is -0.444. The molecule has 2 unspecified atom stereocenters. The topological polar surface area (TPSA) is 115 Å². The van der Waals surface area contributed by atoms with E-state index >= 15 is 0 Å². The van der Waals surface area contributed by atoms with E-state index < -0.39 is 12.2 Å². The van der Waals surface area contributed by atoms with Gasteiger partial charge in [-0.15, -0.1) is 0 Å². The first kappa shape index (κ1) is 27.1. The van der Waals surface area contributed by atoms with E-state index in [0.29, 0.717) is 50.4 Å². The number of nitrogens with one attached hydrogen (secondary N) is 3. The molecule has 2 atom stereocenters. The first-order valence-corrected chi connectivity index (χ1v) is 12.8. The van der Waals surface area contributed by atoms with E-state index in [9.17, 15) is 14.4 Å². The van der Waals surface area contributed by atoms with Crippen molar-refractivity contribution in [2.24, 2.45) is 17.8 Å². The fourth-order valence-electron chi connectivity index (χ4n) is 4.58. The fourth-order valence-corrected chi connectivity index (χ4v) is 4.58. The maximum atomic E-state index is 11.9. The molecule has 2 fully saturated rings. The van der Waals surface area contributed by atoms with Gasteiger partial charge in [-0.1, -0.05) is 32.6 Å². The molecule has 9 heteroatoms. The Morgan fingerprint density at radius 3 is 1.61 bits per heavy atom. The van der Waals surface area contributed by atoms with E-state index in [4.69, 9.17) is 14.2 Å². The summed E-state index contributed by atoms with van der Waals surface area (Å²) in [5, 5.41) is 8.48. The van der Waals surface area contributed by atoms with Crippen molar-refractivity contribution >= 4 is 18.3 Å². The Labute approximate surface area is 198 Å². The number of rotatable bonds is 12. The van der Waals surface area contributed by atoms with Crippen molar-refractivity contribution in [2.45, 2.75) is 77.6 Å². The molecule has 0 heterocycles. The average Bonchev–Trinajstić information content (AvgIpc) is 2.84. The molecule has 0 spiro atoms. The summed E-state index contributed by atoms with van der Waals surface area (Å²) in [6.45, 7) is 4.68. The average molecular weight is 470 g/mol. The van der Waals surface area contributed by atoms with Gasteiger partial charge in [0.25, 0.3) is 0 Å². The lowest BCUT2D eigenvalue weighted by Crippen LogP contribution is -2.36. The SMILES string of the molecule is CCCOC(=O)NCC1CCCC(CNC(=O)OCCCOC(=O)NCC2CCCCC2)C1. The van der Waals surface area contributed by atoms with Crippen molar-refractivity contribution in [1.82, 2.24) is 16.0 Å². The van der Waals surface area contributed by atoms with Crippen LogP contribution in [0.2, 0.25) is 0 Å². The van der Waals surface area contributed by atoms with Gasteiger partial charge in [0.1, 0.15) is 0 Å². The molecule has 190 valence electrons. The van der Waals surface area contributed by atoms with Gasteiger partial charge in [0, 0.05) is 26.1 Å². The van der Waals surface area contributed by atoms with Crippen LogP contribution in [0.4, 0.5) is 14.4 Å². The number of amides is 3. The first-order valence-electron chi connectivity index (χ1n) is 12.8. The van der Waals surface area contributed by atoms with Crippen LogP contribution in [0, 0.1) is 17.8 Å². The molecule has 0 aliphatic heterocycles. The van der Waals surface area contributed by atoms with Gasteiger partial charge < -0.3 is 30.2 Å². The van der Waals surface area contributed by atoms with Crippen molar-refractivity contribution in [3.8, 4) is 0 Å². The van der Waals surface area contributed by atoms with Crippen molar-refractivity contribution in [1.29, 1.82) is 0 Å². The van der Waals surface area contributed by atoms with Gasteiger partial charge in [-0.3, -0.25) is 0 Å². The highest BCUT2D eigenvalue weighted by Gasteiger charge is 2.23. The highest BCUT2D eigenvalue weighted by Crippen LogP contribution is 2.28. The van der Waals surface area contributed by atoms with Crippen LogP contribution in [0.25, 0.3) is 0 Å². The zero-order chi connectivity index (χ0) is 23.7. The van der Waals surface area contributed by atoms with E-state index in [1.54, 1.807) is 0 Å². The quantitative estimate of drug-likeness (QED) is 0.289. The van der Waals surface area contributed by atoms with Crippen LogP contribution in [0.3, 0.4) is 0 Å². The van der Waals surface area contributed by atoms with Gasteiger partial charge in [0.15, 0.2) is 0 Å². The fraction of sp³-hybridized carbons (Fsp3) is 0.875. The number of carbonyl (C=O) groups excluding carboxylic acids is 3. The summed E-state index contributed by atoms with van der Waals surface area (Å²) in [7, 11) is 0.